The highest BCUT2D eigenvalue weighted by atomic mass is 35.5. The predicted octanol–water partition coefficient (Wildman–Crippen LogP) is 5.21. The molecule has 1 atom stereocenters. The summed E-state index contributed by atoms with van der Waals surface area (Å²) in [5.41, 5.74) is 3.71. The van der Waals surface area contributed by atoms with E-state index < -0.39 is 0 Å². The van der Waals surface area contributed by atoms with Crippen LogP contribution in [-0.4, -0.2) is 21.7 Å². The van der Waals surface area contributed by atoms with Crippen LogP contribution in [0.3, 0.4) is 0 Å². The smallest absolute Gasteiger partial charge is 0.101 e. The Balaban J connectivity index is 1.70. The van der Waals surface area contributed by atoms with E-state index in [9.17, 15) is 0 Å². The molecule has 1 heterocycles. The van der Waals surface area contributed by atoms with Crippen LogP contribution >= 0.6 is 23.4 Å². The zero-order valence-corrected chi connectivity index (χ0v) is 15.7. The van der Waals surface area contributed by atoms with Crippen LogP contribution in [0.2, 0.25) is 5.02 Å². The zero-order chi connectivity index (χ0) is 17.5. The fourth-order valence-corrected chi connectivity index (χ4v) is 3.11. The topological polar surface area (TPSA) is 27.1 Å². The van der Waals surface area contributed by atoms with Crippen molar-refractivity contribution in [2.45, 2.75) is 19.1 Å². The number of hydrogen-bond donors (Lipinski definition) is 0. The number of nitrogens with zero attached hydrogens (tertiary/aromatic N) is 2. The minimum atomic E-state index is 0.0197. The molecular weight excluding hydrogens is 352 g/mol. The van der Waals surface area contributed by atoms with Crippen LogP contribution in [0.4, 0.5) is 0 Å². The minimum absolute atomic E-state index is 0.0197. The minimum Gasteiger partial charge on any atom is -0.361 e. The van der Waals surface area contributed by atoms with Crippen molar-refractivity contribution >= 4 is 23.4 Å². The molecule has 0 N–H and O–H groups in total. The lowest BCUT2D eigenvalue weighted by Crippen LogP contribution is -2.12. The van der Waals surface area contributed by atoms with Gasteiger partial charge < -0.3 is 9.30 Å². The Bertz CT molecular complexity index is 757. The summed E-state index contributed by atoms with van der Waals surface area (Å²) >= 11 is 7.63. The molecule has 0 spiro atoms. The molecule has 130 valence electrons. The molecule has 3 nitrogen and oxygen atoms in total. The van der Waals surface area contributed by atoms with Crippen molar-refractivity contribution in [3.8, 4) is 0 Å². The highest BCUT2D eigenvalue weighted by Gasteiger charge is 2.13. The first-order chi connectivity index (χ1) is 12.2. The van der Waals surface area contributed by atoms with Gasteiger partial charge in [0.1, 0.15) is 6.10 Å². The number of halogens is 1. The second-order valence-corrected chi connectivity index (χ2v) is 7.12. The second-order valence-electron chi connectivity index (χ2n) is 5.87. The van der Waals surface area contributed by atoms with Gasteiger partial charge in [-0.05, 0) is 41.5 Å². The molecule has 3 rings (SSSR count). The van der Waals surface area contributed by atoms with E-state index >= 15 is 0 Å². The highest BCUT2D eigenvalue weighted by molar-refractivity contribution is 7.98. The number of thioether (sulfide) groups is 1. The Labute approximate surface area is 158 Å². The predicted molar refractivity (Wildman–Crippen MR) is 105 cm³/mol. The van der Waals surface area contributed by atoms with Gasteiger partial charge in [0.05, 0.1) is 18.8 Å². The first kappa shape index (κ1) is 18.1. The van der Waals surface area contributed by atoms with Crippen LogP contribution in [0.15, 0.2) is 67.3 Å². The molecule has 25 heavy (non-hydrogen) atoms. The standard InChI is InChI=1S/C20H21ClN2OS/c1-25-15-24-20(13-23-11-10-22-14-23)18-6-2-16(3-7-18)12-17-4-8-19(21)9-5-17/h2-11,14,20H,12-13,15H2,1H3. The van der Waals surface area contributed by atoms with Crippen LogP contribution < -0.4 is 0 Å². The maximum absolute atomic E-state index is 6.02. The van der Waals surface area contributed by atoms with E-state index in [1.165, 1.54) is 16.7 Å². The normalized spacial score (nSPS) is 12.2. The fraction of sp³-hybridized carbons (Fsp3) is 0.250. The van der Waals surface area contributed by atoms with E-state index in [4.69, 9.17) is 16.3 Å². The van der Waals surface area contributed by atoms with E-state index in [0.717, 1.165) is 18.0 Å². The van der Waals surface area contributed by atoms with Crippen molar-refractivity contribution in [1.29, 1.82) is 0 Å². The van der Waals surface area contributed by atoms with Gasteiger partial charge in [-0.2, -0.15) is 0 Å². The third kappa shape index (κ3) is 5.36. The molecule has 5 heteroatoms. The summed E-state index contributed by atoms with van der Waals surface area (Å²) in [6.07, 6.45) is 8.54. The number of ether oxygens (including phenoxy) is 1. The molecular formula is C20H21ClN2OS. The first-order valence-electron chi connectivity index (χ1n) is 8.14. The quantitative estimate of drug-likeness (QED) is 0.508. The maximum atomic E-state index is 6.02. The lowest BCUT2D eigenvalue weighted by molar-refractivity contribution is 0.0760. The lowest BCUT2D eigenvalue weighted by atomic mass is 10.0. The zero-order valence-electron chi connectivity index (χ0n) is 14.1. The fourth-order valence-electron chi connectivity index (χ4n) is 2.68. The highest BCUT2D eigenvalue weighted by Crippen LogP contribution is 2.22. The number of hydrogen-bond acceptors (Lipinski definition) is 3. The molecule has 2 aromatic carbocycles. The number of imidazole rings is 1. The largest absolute Gasteiger partial charge is 0.361 e. The van der Waals surface area contributed by atoms with Crippen LogP contribution in [0.25, 0.3) is 0 Å². The van der Waals surface area contributed by atoms with Gasteiger partial charge >= 0.3 is 0 Å². The van der Waals surface area contributed by atoms with Gasteiger partial charge in [-0.3, -0.25) is 0 Å². The van der Waals surface area contributed by atoms with Crippen LogP contribution in [-0.2, 0) is 17.7 Å². The molecule has 3 aromatic rings. The van der Waals surface area contributed by atoms with Crippen molar-refractivity contribution in [3.05, 3.63) is 89.0 Å². The summed E-state index contributed by atoms with van der Waals surface area (Å²) in [5, 5.41) is 0.771. The van der Waals surface area contributed by atoms with Gasteiger partial charge in [0.25, 0.3) is 0 Å². The van der Waals surface area contributed by atoms with Crippen LogP contribution in [0.1, 0.15) is 22.8 Å². The Morgan fingerprint density at radius 1 is 1.08 bits per heavy atom. The molecule has 0 amide bonds. The molecule has 0 saturated carbocycles. The summed E-state index contributed by atoms with van der Waals surface area (Å²) in [6, 6.07) is 16.7. The summed E-state index contributed by atoms with van der Waals surface area (Å²) in [5.74, 6) is 0.673. The Hall–Kier alpha value is -1.75. The van der Waals surface area contributed by atoms with Crippen molar-refractivity contribution in [2.75, 3.05) is 12.2 Å². The van der Waals surface area contributed by atoms with Crippen LogP contribution in [0.5, 0.6) is 0 Å². The van der Waals surface area contributed by atoms with Gasteiger partial charge in [-0.25, -0.2) is 4.98 Å². The maximum Gasteiger partial charge on any atom is 0.101 e. The molecule has 1 unspecified atom stereocenters. The molecule has 1 aromatic heterocycles. The molecule has 0 aliphatic heterocycles. The van der Waals surface area contributed by atoms with Crippen molar-refractivity contribution in [1.82, 2.24) is 9.55 Å². The van der Waals surface area contributed by atoms with E-state index in [-0.39, 0.29) is 6.10 Å². The number of rotatable bonds is 8. The summed E-state index contributed by atoms with van der Waals surface area (Å²) < 4.78 is 8.07. The van der Waals surface area contributed by atoms with E-state index in [1.54, 1.807) is 18.0 Å². The molecule has 0 fully saturated rings. The monoisotopic (exact) mass is 372 g/mol. The SMILES string of the molecule is CSCOC(Cn1ccnc1)c1ccc(Cc2ccc(Cl)cc2)cc1. The van der Waals surface area contributed by atoms with Crippen LogP contribution in [0, 0.1) is 0 Å². The Morgan fingerprint density at radius 3 is 2.36 bits per heavy atom. The second kappa shape index (κ2) is 9.09. The van der Waals surface area contributed by atoms with Gasteiger partial charge in [-0.1, -0.05) is 48.0 Å². The van der Waals surface area contributed by atoms with Gasteiger partial charge in [0.15, 0.2) is 0 Å². The Morgan fingerprint density at radius 2 is 1.76 bits per heavy atom. The lowest BCUT2D eigenvalue weighted by Gasteiger charge is -2.19. The third-order valence-corrected chi connectivity index (χ3v) is 4.62. The molecule has 0 saturated heterocycles. The average Bonchev–Trinajstić information content (AvgIpc) is 3.14. The number of benzene rings is 2. The molecule has 0 bridgehead atoms. The van der Waals surface area contributed by atoms with Gasteiger partial charge in [0.2, 0.25) is 0 Å². The summed E-state index contributed by atoms with van der Waals surface area (Å²) in [6.45, 7) is 0.761. The van der Waals surface area contributed by atoms with E-state index in [0.29, 0.717) is 5.94 Å². The van der Waals surface area contributed by atoms with Gasteiger partial charge in [0, 0.05) is 17.4 Å². The number of aromatic nitrogens is 2. The van der Waals surface area contributed by atoms with Crippen molar-refractivity contribution in [3.63, 3.8) is 0 Å². The summed E-state index contributed by atoms with van der Waals surface area (Å²) in [4.78, 5) is 4.11. The van der Waals surface area contributed by atoms with E-state index in [2.05, 4.69) is 41.4 Å². The molecule has 0 radical (unpaired) electrons. The summed E-state index contributed by atoms with van der Waals surface area (Å²) in [7, 11) is 0. The van der Waals surface area contributed by atoms with E-state index in [1.807, 2.05) is 35.5 Å². The van der Waals surface area contributed by atoms with Crippen molar-refractivity contribution in [2.24, 2.45) is 0 Å². The van der Waals surface area contributed by atoms with Crippen molar-refractivity contribution < 1.29 is 4.74 Å². The first-order valence-corrected chi connectivity index (χ1v) is 9.91. The molecule has 0 aliphatic rings. The average molecular weight is 373 g/mol. The third-order valence-electron chi connectivity index (χ3n) is 4.00. The Kier molecular flexibility index (Phi) is 6.56. The molecule has 0 aliphatic carbocycles. The van der Waals surface area contributed by atoms with Gasteiger partial charge in [-0.15, -0.1) is 11.8 Å².